The first-order valence-electron chi connectivity index (χ1n) is 7.19. The number of nitrogens with one attached hydrogen (secondary N) is 2. The number of H-pyrrole nitrogens is 1. The molecule has 7 heteroatoms. The van der Waals surface area contributed by atoms with Gasteiger partial charge in [0.05, 0.1) is 18.9 Å². The first-order chi connectivity index (χ1) is 10.3. The molecule has 0 aliphatic carbocycles. The number of rotatable bonds is 3. The number of methoxy groups -OCH3 is 1. The third-order valence-electron chi connectivity index (χ3n) is 4.30. The van der Waals surface area contributed by atoms with Gasteiger partial charge in [0, 0.05) is 22.2 Å². The Morgan fingerprint density at radius 1 is 1.41 bits per heavy atom. The molecule has 1 unspecified atom stereocenters. The molecular formula is C15H20N2O4S. The maximum atomic E-state index is 11.2. The van der Waals surface area contributed by atoms with Gasteiger partial charge < -0.3 is 15.0 Å². The van der Waals surface area contributed by atoms with Crippen molar-refractivity contribution in [3.63, 3.8) is 0 Å². The summed E-state index contributed by atoms with van der Waals surface area (Å²) in [5.41, 5.74) is 5.02. The highest BCUT2D eigenvalue weighted by molar-refractivity contribution is 7.85. The van der Waals surface area contributed by atoms with Crippen molar-refractivity contribution >= 4 is 21.0 Å². The summed E-state index contributed by atoms with van der Waals surface area (Å²) in [5, 5.41) is 4.25. The Labute approximate surface area is 129 Å². The van der Waals surface area contributed by atoms with Gasteiger partial charge in [-0.1, -0.05) is 0 Å². The average Bonchev–Trinajstić information content (AvgIpc) is 2.77. The minimum atomic E-state index is -4.04. The van der Waals surface area contributed by atoms with Crippen molar-refractivity contribution in [2.24, 2.45) is 0 Å². The van der Waals surface area contributed by atoms with Crippen molar-refractivity contribution in [3.05, 3.63) is 28.5 Å². The van der Waals surface area contributed by atoms with Crippen LogP contribution >= 0.6 is 0 Å². The molecule has 0 bridgehead atoms. The van der Waals surface area contributed by atoms with Gasteiger partial charge in [-0.05, 0) is 44.0 Å². The fourth-order valence-electron chi connectivity index (χ4n) is 3.51. The van der Waals surface area contributed by atoms with Crippen molar-refractivity contribution in [1.82, 2.24) is 10.3 Å². The number of aryl methyl sites for hydroxylation is 2. The number of hydrogen-bond acceptors (Lipinski definition) is 4. The van der Waals surface area contributed by atoms with E-state index in [1.807, 2.05) is 19.9 Å². The van der Waals surface area contributed by atoms with E-state index in [0.29, 0.717) is 6.54 Å². The number of aromatic amines is 1. The zero-order valence-electron chi connectivity index (χ0n) is 12.9. The summed E-state index contributed by atoms with van der Waals surface area (Å²) in [6.45, 7) is 4.68. The second-order valence-corrected chi connectivity index (χ2v) is 7.29. The fourth-order valence-corrected chi connectivity index (χ4v) is 4.21. The molecule has 0 radical (unpaired) electrons. The summed E-state index contributed by atoms with van der Waals surface area (Å²) in [6, 6.07) is 1.60. The predicted molar refractivity (Wildman–Crippen MR) is 85.2 cm³/mol. The number of benzene rings is 1. The van der Waals surface area contributed by atoms with E-state index in [0.717, 1.165) is 45.5 Å². The molecule has 0 saturated heterocycles. The van der Waals surface area contributed by atoms with E-state index >= 15 is 0 Å². The molecule has 22 heavy (non-hydrogen) atoms. The van der Waals surface area contributed by atoms with Crippen molar-refractivity contribution < 1.29 is 17.7 Å². The second kappa shape index (κ2) is 5.26. The molecule has 1 aromatic heterocycles. The van der Waals surface area contributed by atoms with Gasteiger partial charge in [0.2, 0.25) is 0 Å². The molecule has 0 saturated carbocycles. The van der Waals surface area contributed by atoms with Crippen LogP contribution in [0.25, 0.3) is 10.9 Å². The third-order valence-corrected chi connectivity index (χ3v) is 5.05. The van der Waals surface area contributed by atoms with Crippen molar-refractivity contribution in [2.75, 3.05) is 19.4 Å². The van der Waals surface area contributed by atoms with Gasteiger partial charge in [0.25, 0.3) is 10.1 Å². The molecule has 1 aromatic carbocycles. The minimum absolute atomic E-state index is 0.331. The highest BCUT2D eigenvalue weighted by Gasteiger charge is 2.28. The van der Waals surface area contributed by atoms with Crippen LogP contribution < -0.4 is 10.1 Å². The molecule has 2 heterocycles. The Balaban J connectivity index is 2.21. The summed E-state index contributed by atoms with van der Waals surface area (Å²) in [4.78, 5) is 3.33. The van der Waals surface area contributed by atoms with E-state index in [1.165, 1.54) is 0 Å². The molecule has 2 aromatic rings. The number of ether oxygens (including phenoxy) is 1. The van der Waals surface area contributed by atoms with Gasteiger partial charge in [-0.3, -0.25) is 4.55 Å². The second-order valence-electron chi connectivity index (χ2n) is 5.80. The van der Waals surface area contributed by atoms with Crippen LogP contribution in [0.5, 0.6) is 5.75 Å². The van der Waals surface area contributed by atoms with E-state index in [2.05, 4.69) is 10.3 Å². The van der Waals surface area contributed by atoms with Crippen LogP contribution in [0.4, 0.5) is 0 Å². The van der Waals surface area contributed by atoms with Crippen LogP contribution in [-0.4, -0.2) is 37.4 Å². The van der Waals surface area contributed by atoms with Gasteiger partial charge in [-0.25, -0.2) is 0 Å². The minimum Gasteiger partial charge on any atom is -0.496 e. The summed E-state index contributed by atoms with van der Waals surface area (Å²) >= 11 is 0. The predicted octanol–water partition coefficient (Wildman–Crippen LogP) is 1.87. The van der Waals surface area contributed by atoms with E-state index in [4.69, 9.17) is 9.29 Å². The summed E-state index contributed by atoms with van der Waals surface area (Å²) in [7, 11) is -2.39. The maximum Gasteiger partial charge on any atom is 0.266 e. The van der Waals surface area contributed by atoms with Crippen LogP contribution in [0.3, 0.4) is 0 Å². The lowest BCUT2D eigenvalue weighted by molar-refractivity contribution is 0.409. The number of aromatic nitrogens is 1. The van der Waals surface area contributed by atoms with Crippen LogP contribution in [0.2, 0.25) is 0 Å². The highest BCUT2D eigenvalue weighted by Crippen LogP contribution is 2.37. The Morgan fingerprint density at radius 3 is 2.77 bits per heavy atom. The van der Waals surface area contributed by atoms with Crippen LogP contribution in [0.15, 0.2) is 6.07 Å². The number of fused-ring (bicyclic) bond motifs is 3. The van der Waals surface area contributed by atoms with Crippen LogP contribution in [-0.2, 0) is 16.5 Å². The summed E-state index contributed by atoms with van der Waals surface area (Å²) in [6.07, 6.45) is 0.810. The first-order valence-corrected chi connectivity index (χ1v) is 8.80. The van der Waals surface area contributed by atoms with Crippen LogP contribution in [0, 0.1) is 13.8 Å². The van der Waals surface area contributed by atoms with Gasteiger partial charge in [0.15, 0.2) is 0 Å². The smallest absolute Gasteiger partial charge is 0.266 e. The topological polar surface area (TPSA) is 91.4 Å². The molecular weight excluding hydrogens is 304 g/mol. The van der Waals surface area contributed by atoms with Gasteiger partial charge >= 0.3 is 0 Å². The lowest BCUT2D eigenvalue weighted by Gasteiger charge is -2.23. The molecule has 0 spiro atoms. The Kier molecular flexibility index (Phi) is 3.66. The van der Waals surface area contributed by atoms with Crippen LogP contribution in [0.1, 0.15) is 28.4 Å². The lowest BCUT2D eigenvalue weighted by Crippen LogP contribution is -2.34. The molecule has 3 N–H and O–H groups in total. The zero-order chi connectivity index (χ0) is 16.1. The lowest BCUT2D eigenvalue weighted by atomic mass is 9.96. The highest BCUT2D eigenvalue weighted by atomic mass is 32.2. The van der Waals surface area contributed by atoms with E-state index in [9.17, 15) is 8.42 Å². The van der Waals surface area contributed by atoms with Gasteiger partial charge in [0.1, 0.15) is 5.75 Å². The third kappa shape index (κ3) is 2.49. The molecule has 1 atom stereocenters. The van der Waals surface area contributed by atoms with Crippen molar-refractivity contribution in [3.8, 4) is 5.75 Å². The maximum absolute atomic E-state index is 11.2. The largest absolute Gasteiger partial charge is 0.496 e. The zero-order valence-corrected chi connectivity index (χ0v) is 13.7. The van der Waals surface area contributed by atoms with E-state index in [-0.39, 0.29) is 5.75 Å². The average molecular weight is 324 g/mol. The fraction of sp³-hybridized carbons (Fsp3) is 0.467. The molecule has 6 nitrogen and oxygen atoms in total. The molecule has 0 fully saturated rings. The molecule has 120 valence electrons. The summed E-state index contributed by atoms with van der Waals surface area (Å²) in [5.74, 6) is 0.529. The standard InChI is InChI=1S/C15H20N2O4S/c1-8-6-11-13(9(2)15(8)21-3)10-4-5-16-12(14(10)17-11)7-22(18,19)20/h6,12,16-17H,4-5,7H2,1-3H3,(H,18,19,20). The normalized spacial score (nSPS) is 18.5. The van der Waals surface area contributed by atoms with Crippen molar-refractivity contribution in [2.45, 2.75) is 26.3 Å². The Hall–Kier alpha value is -1.57. The van der Waals surface area contributed by atoms with Gasteiger partial charge in [-0.2, -0.15) is 8.42 Å². The molecule has 1 aliphatic rings. The molecule has 1 aliphatic heterocycles. The van der Waals surface area contributed by atoms with Crippen molar-refractivity contribution in [1.29, 1.82) is 0 Å². The quantitative estimate of drug-likeness (QED) is 0.750. The SMILES string of the molecule is COc1c(C)cc2[nH]c3c(c2c1C)CCNC3CS(=O)(=O)O. The summed E-state index contributed by atoms with van der Waals surface area (Å²) < 4.78 is 37.1. The Morgan fingerprint density at radius 2 is 2.14 bits per heavy atom. The molecule has 0 amide bonds. The van der Waals surface area contributed by atoms with Gasteiger partial charge in [-0.15, -0.1) is 0 Å². The van der Waals surface area contributed by atoms with E-state index in [1.54, 1.807) is 7.11 Å². The first kappa shape index (κ1) is 15.3. The molecule has 3 rings (SSSR count). The van der Waals surface area contributed by atoms with E-state index < -0.39 is 16.2 Å². The Bertz CT molecular complexity index is 839. The monoisotopic (exact) mass is 324 g/mol. The number of hydrogen-bond donors (Lipinski definition) is 3.